The van der Waals surface area contributed by atoms with Crippen molar-refractivity contribution < 1.29 is 8.98 Å². The molecular formula is C11H16O2S. The maximum atomic E-state index is 10.9. The van der Waals surface area contributed by atoms with E-state index in [0.717, 1.165) is 4.90 Å². The van der Waals surface area contributed by atoms with Crippen molar-refractivity contribution in [1.82, 2.24) is 0 Å². The van der Waals surface area contributed by atoms with Gasteiger partial charge in [-0.1, -0.05) is 28.0 Å². The van der Waals surface area contributed by atoms with E-state index in [1.807, 2.05) is 43.7 Å². The Kier molecular flexibility index (Phi) is 3.21. The van der Waals surface area contributed by atoms with E-state index in [0.29, 0.717) is 0 Å². The second-order valence-electron chi connectivity index (χ2n) is 3.62. The SMILES string of the molecule is CC(=O)OS(C)(C)c1ccc(C)cc1. The summed E-state index contributed by atoms with van der Waals surface area (Å²) in [6, 6.07) is 8.11. The number of hydrogen-bond acceptors (Lipinski definition) is 2. The lowest BCUT2D eigenvalue weighted by molar-refractivity contribution is -0.130. The molecule has 0 atom stereocenters. The first kappa shape index (κ1) is 11.1. The molecule has 0 aliphatic heterocycles. The fourth-order valence-corrected chi connectivity index (χ4v) is 2.68. The second-order valence-corrected chi connectivity index (χ2v) is 6.73. The highest BCUT2D eigenvalue weighted by Gasteiger charge is 2.17. The van der Waals surface area contributed by atoms with Gasteiger partial charge in [-0.25, -0.2) is 0 Å². The predicted molar refractivity (Wildman–Crippen MR) is 60.7 cm³/mol. The first-order valence-electron chi connectivity index (χ1n) is 4.42. The zero-order valence-corrected chi connectivity index (χ0v) is 9.85. The molecule has 0 spiro atoms. The molecule has 0 aliphatic rings. The molecule has 0 unspecified atom stereocenters. The number of aryl methyl sites for hydroxylation is 1. The first-order valence-corrected chi connectivity index (χ1v) is 6.79. The van der Waals surface area contributed by atoms with Crippen LogP contribution in [0.2, 0.25) is 0 Å². The summed E-state index contributed by atoms with van der Waals surface area (Å²) in [5.74, 6) is -0.217. The van der Waals surface area contributed by atoms with Crippen LogP contribution in [-0.2, 0) is 8.98 Å². The molecular weight excluding hydrogens is 196 g/mol. The molecule has 0 radical (unpaired) electrons. The predicted octanol–water partition coefficient (Wildman–Crippen LogP) is 2.90. The molecule has 14 heavy (non-hydrogen) atoms. The Hall–Kier alpha value is -0.960. The van der Waals surface area contributed by atoms with Gasteiger partial charge >= 0.3 is 5.97 Å². The zero-order valence-electron chi connectivity index (χ0n) is 9.03. The Morgan fingerprint density at radius 3 is 2.14 bits per heavy atom. The Morgan fingerprint density at radius 2 is 1.71 bits per heavy atom. The van der Waals surface area contributed by atoms with Crippen LogP contribution in [0.5, 0.6) is 0 Å². The third-order valence-corrected chi connectivity index (χ3v) is 3.97. The average Bonchev–Trinajstić information content (AvgIpc) is 2.02. The highest BCUT2D eigenvalue weighted by Crippen LogP contribution is 2.49. The Bertz CT molecular complexity index is 328. The fourth-order valence-electron chi connectivity index (χ4n) is 1.21. The van der Waals surface area contributed by atoms with Crippen molar-refractivity contribution in [2.24, 2.45) is 0 Å². The van der Waals surface area contributed by atoms with Gasteiger partial charge in [-0.3, -0.25) is 4.79 Å². The molecule has 0 aromatic heterocycles. The lowest BCUT2D eigenvalue weighted by Crippen LogP contribution is -2.06. The van der Waals surface area contributed by atoms with Crippen LogP contribution in [0.1, 0.15) is 12.5 Å². The van der Waals surface area contributed by atoms with Gasteiger partial charge in [0, 0.05) is 24.3 Å². The molecule has 0 saturated carbocycles. The quantitative estimate of drug-likeness (QED) is 0.753. The number of carbonyl (C=O) groups is 1. The van der Waals surface area contributed by atoms with Gasteiger partial charge in [-0.2, -0.15) is 0 Å². The smallest absolute Gasteiger partial charge is 0.313 e. The van der Waals surface area contributed by atoms with Crippen LogP contribution < -0.4 is 0 Å². The molecule has 0 amide bonds. The molecule has 1 aromatic rings. The minimum Gasteiger partial charge on any atom is -0.412 e. The number of rotatable bonds is 2. The minimum atomic E-state index is -1.43. The van der Waals surface area contributed by atoms with Crippen LogP contribution in [0.15, 0.2) is 29.2 Å². The summed E-state index contributed by atoms with van der Waals surface area (Å²) >= 11 is 0. The number of hydrogen-bond donors (Lipinski definition) is 0. The monoisotopic (exact) mass is 212 g/mol. The van der Waals surface area contributed by atoms with Gasteiger partial charge in [0.15, 0.2) is 0 Å². The maximum Gasteiger partial charge on any atom is 0.313 e. The summed E-state index contributed by atoms with van der Waals surface area (Å²) in [6.07, 6.45) is 3.94. The van der Waals surface area contributed by atoms with Crippen LogP contribution >= 0.6 is 10.3 Å². The molecule has 0 N–H and O–H groups in total. The zero-order chi connectivity index (χ0) is 10.8. The lowest BCUT2D eigenvalue weighted by atomic mass is 10.2. The van der Waals surface area contributed by atoms with Gasteiger partial charge in [-0.05, 0) is 19.1 Å². The largest absolute Gasteiger partial charge is 0.412 e. The number of carbonyl (C=O) groups excluding carboxylic acids is 1. The van der Waals surface area contributed by atoms with Crippen LogP contribution in [0.25, 0.3) is 0 Å². The van der Waals surface area contributed by atoms with E-state index in [1.54, 1.807) is 0 Å². The second kappa shape index (κ2) is 4.05. The maximum absolute atomic E-state index is 10.9. The molecule has 3 heteroatoms. The Labute approximate surface area is 86.8 Å². The molecule has 1 rings (SSSR count). The summed E-state index contributed by atoms with van der Waals surface area (Å²) in [6.45, 7) is 3.49. The van der Waals surface area contributed by atoms with E-state index in [2.05, 4.69) is 0 Å². The molecule has 0 saturated heterocycles. The van der Waals surface area contributed by atoms with Crippen LogP contribution in [0.4, 0.5) is 0 Å². The number of benzene rings is 1. The van der Waals surface area contributed by atoms with Crippen molar-refractivity contribution in [3.63, 3.8) is 0 Å². The van der Waals surface area contributed by atoms with Crippen LogP contribution in [0.3, 0.4) is 0 Å². The van der Waals surface area contributed by atoms with Gasteiger partial charge in [0.25, 0.3) is 0 Å². The minimum absolute atomic E-state index is 0.217. The van der Waals surface area contributed by atoms with E-state index in [9.17, 15) is 4.79 Å². The summed E-state index contributed by atoms with van der Waals surface area (Å²) in [5, 5.41) is 0. The summed E-state index contributed by atoms with van der Waals surface area (Å²) in [5.41, 5.74) is 1.21. The van der Waals surface area contributed by atoms with Crippen molar-refractivity contribution in [2.75, 3.05) is 12.5 Å². The molecule has 0 heterocycles. The molecule has 0 fully saturated rings. The van der Waals surface area contributed by atoms with E-state index < -0.39 is 10.3 Å². The van der Waals surface area contributed by atoms with Crippen LogP contribution in [-0.4, -0.2) is 18.5 Å². The van der Waals surface area contributed by atoms with E-state index in [4.69, 9.17) is 4.18 Å². The Balaban J connectivity index is 2.91. The summed E-state index contributed by atoms with van der Waals surface area (Å²) in [4.78, 5) is 12.0. The average molecular weight is 212 g/mol. The van der Waals surface area contributed by atoms with Crippen LogP contribution in [0, 0.1) is 6.92 Å². The first-order chi connectivity index (χ1) is 6.42. The molecule has 2 nitrogen and oxygen atoms in total. The van der Waals surface area contributed by atoms with E-state index >= 15 is 0 Å². The van der Waals surface area contributed by atoms with E-state index in [-0.39, 0.29) is 5.97 Å². The molecule has 78 valence electrons. The summed E-state index contributed by atoms with van der Waals surface area (Å²) < 4.78 is 5.31. The van der Waals surface area contributed by atoms with Crippen molar-refractivity contribution >= 4 is 16.3 Å². The summed E-state index contributed by atoms with van der Waals surface area (Å²) in [7, 11) is -1.43. The highest BCUT2D eigenvalue weighted by molar-refractivity contribution is 8.29. The normalized spacial score (nSPS) is 12.3. The van der Waals surface area contributed by atoms with Crippen molar-refractivity contribution in [1.29, 1.82) is 0 Å². The fraction of sp³-hybridized carbons (Fsp3) is 0.364. The van der Waals surface area contributed by atoms with Crippen molar-refractivity contribution in [3.05, 3.63) is 29.8 Å². The standard InChI is InChI=1S/C11H16O2S/c1-9-5-7-11(8-6-9)14(3,4)13-10(2)12/h5-8H,1-4H3. The van der Waals surface area contributed by atoms with Crippen molar-refractivity contribution in [3.8, 4) is 0 Å². The molecule has 0 bridgehead atoms. The molecule has 1 aromatic carbocycles. The van der Waals surface area contributed by atoms with Gasteiger partial charge in [0.2, 0.25) is 0 Å². The topological polar surface area (TPSA) is 26.3 Å². The van der Waals surface area contributed by atoms with Gasteiger partial charge < -0.3 is 4.18 Å². The van der Waals surface area contributed by atoms with Gasteiger partial charge in [0.05, 0.1) is 0 Å². The Morgan fingerprint density at radius 1 is 1.21 bits per heavy atom. The molecule has 0 aliphatic carbocycles. The third kappa shape index (κ3) is 2.77. The highest BCUT2D eigenvalue weighted by atomic mass is 32.3. The van der Waals surface area contributed by atoms with E-state index in [1.165, 1.54) is 12.5 Å². The third-order valence-electron chi connectivity index (χ3n) is 1.91. The van der Waals surface area contributed by atoms with Gasteiger partial charge in [-0.15, -0.1) is 0 Å². The lowest BCUT2D eigenvalue weighted by Gasteiger charge is -2.30. The van der Waals surface area contributed by atoms with Gasteiger partial charge in [0.1, 0.15) is 0 Å². The van der Waals surface area contributed by atoms with Crippen molar-refractivity contribution in [2.45, 2.75) is 18.7 Å².